The van der Waals surface area contributed by atoms with Crippen molar-refractivity contribution in [3.8, 4) is 23.0 Å². The molecular weight excluding hydrogens is 678 g/mol. The van der Waals surface area contributed by atoms with Crippen LogP contribution in [0, 0.1) is 30.5 Å². The number of nitrogens with zero attached hydrogens (tertiary/aromatic N) is 3. The summed E-state index contributed by atoms with van der Waals surface area (Å²) in [6.07, 6.45) is 7.15. The smallest absolute Gasteiger partial charge is 0.259 e. The van der Waals surface area contributed by atoms with E-state index in [-0.39, 0.29) is 37.0 Å². The summed E-state index contributed by atoms with van der Waals surface area (Å²) in [6, 6.07) is 9.39. The number of sulfonamides is 1. The first-order valence-corrected chi connectivity index (χ1v) is 19.0. The van der Waals surface area contributed by atoms with Crippen molar-refractivity contribution in [3.05, 3.63) is 59.9 Å². The number of amides is 3. The highest BCUT2D eigenvalue weighted by Gasteiger charge is 2.62. The molecule has 7 rings (SSSR count). The zero-order chi connectivity index (χ0) is 36.1. The summed E-state index contributed by atoms with van der Waals surface area (Å²) >= 11 is 0. The van der Waals surface area contributed by atoms with Crippen LogP contribution in [-0.4, -0.2) is 78.6 Å². The van der Waals surface area contributed by atoms with Gasteiger partial charge in [-0.25, -0.2) is 17.8 Å². The molecule has 4 aliphatic rings. The van der Waals surface area contributed by atoms with Gasteiger partial charge >= 0.3 is 0 Å². The molecule has 51 heavy (non-hydrogen) atoms. The SMILES string of the molecule is COc1ccc2c(O[C@@H]3C[C@H]4C(=O)N[C@]5(C(=O)NS(=O)(=O)C6CC6)C[C@H]5/C=C\CCCCN(C)C(=O)[C@@H]4C3)nc(-c3ccc(F)cc3)nc2c1C. The summed E-state index contributed by atoms with van der Waals surface area (Å²) in [5.41, 5.74) is 0.468. The lowest BCUT2D eigenvalue weighted by Gasteiger charge is -2.26. The van der Waals surface area contributed by atoms with E-state index >= 15 is 0 Å². The average Bonchev–Trinajstić information content (AvgIpc) is 4.03. The number of fused-ring (bicyclic) bond motifs is 3. The number of benzene rings is 2. The Hall–Kier alpha value is -4.59. The molecule has 0 radical (unpaired) electrons. The predicted molar refractivity (Wildman–Crippen MR) is 187 cm³/mol. The van der Waals surface area contributed by atoms with Crippen molar-refractivity contribution in [3.63, 3.8) is 0 Å². The molecule has 3 aromatic rings. The Kier molecular flexibility index (Phi) is 9.23. The number of carbonyl (C=O) groups excluding carboxylic acids is 3. The van der Waals surface area contributed by atoms with Gasteiger partial charge in [0, 0.05) is 30.6 Å². The lowest BCUT2D eigenvalue weighted by molar-refractivity contribution is -0.140. The van der Waals surface area contributed by atoms with E-state index in [1.807, 2.05) is 19.1 Å². The Labute approximate surface area is 296 Å². The van der Waals surface area contributed by atoms with E-state index in [0.717, 1.165) is 24.8 Å². The molecule has 0 spiro atoms. The first-order valence-electron chi connectivity index (χ1n) is 17.5. The Balaban J connectivity index is 1.21. The third-order valence-corrected chi connectivity index (χ3v) is 12.5. The van der Waals surface area contributed by atoms with Crippen LogP contribution in [0.3, 0.4) is 0 Å². The second-order valence-corrected chi connectivity index (χ2v) is 16.2. The molecule has 2 aromatic carbocycles. The van der Waals surface area contributed by atoms with Crippen LogP contribution in [0.4, 0.5) is 4.39 Å². The molecule has 3 amide bonds. The van der Waals surface area contributed by atoms with Gasteiger partial charge in [0.1, 0.15) is 23.2 Å². The molecule has 14 heteroatoms. The predicted octanol–water partition coefficient (Wildman–Crippen LogP) is 4.21. The van der Waals surface area contributed by atoms with Crippen molar-refractivity contribution in [2.75, 3.05) is 20.7 Å². The number of aryl methyl sites for hydroxylation is 1. The fraction of sp³-hybridized carbons (Fsp3) is 0.486. The van der Waals surface area contributed by atoms with Gasteiger partial charge in [0.25, 0.3) is 5.91 Å². The van der Waals surface area contributed by atoms with Crippen LogP contribution in [0.25, 0.3) is 22.3 Å². The molecule has 1 aromatic heterocycles. The highest BCUT2D eigenvalue weighted by Crippen LogP contribution is 2.47. The van der Waals surface area contributed by atoms with Crippen LogP contribution in [0.1, 0.15) is 56.9 Å². The molecule has 1 aliphatic heterocycles. The maximum Gasteiger partial charge on any atom is 0.259 e. The molecule has 5 atom stereocenters. The second-order valence-electron chi connectivity index (χ2n) is 14.2. The van der Waals surface area contributed by atoms with E-state index in [4.69, 9.17) is 19.4 Å². The highest BCUT2D eigenvalue weighted by atomic mass is 32.2. The monoisotopic (exact) mass is 719 g/mol. The van der Waals surface area contributed by atoms with E-state index in [2.05, 4.69) is 10.0 Å². The first-order chi connectivity index (χ1) is 24.4. The van der Waals surface area contributed by atoms with Gasteiger partial charge in [-0.05, 0) is 94.7 Å². The molecule has 2 heterocycles. The molecule has 3 saturated carbocycles. The second kappa shape index (κ2) is 13.5. The minimum atomic E-state index is -3.85. The minimum absolute atomic E-state index is 0.154. The Bertz CT molecular complexity index is 2020. The number of carbonyl (C=O) groups is 3. The fourth-order valence-corrected chi connectivity index (χ4v) is 8.74. The quantitative estimate of drug-likeness (QED) is 0.342. The molecule has 2 N–H and O–H groups in total. The molecule has 3 aliphatic carbocycles. The van der Waals surface area contributed by atoms with Crippen molar-refractivity contribution < 1.29 is 36.7 Å². The van der Waals surface area contributed by atoms with Crippen LogP contribution >= 0.6 is 0 Å². The summed E-state index contributed by atoms with van der Waals surface area (Å²) < 4.78 is 53.6. The topological polar surface area (TPSA) is 157 Å². The van der Waals surface area contributed by atoms with Gasteiger partial charge in [-0.1, -0.05) is 12.2 Å². The summed E-state index contributed by atoms with van der Waals surface area (Å²) in [6.45, 7) is 2.39. The Morgan fingerprint density at radius 1 is 1.06 bits per heavy atom. The van der Waals surface area contributed by atoms with E-state index < -0.39 is 56.4 Å². The zero-order valence-corrected chi connectivity index (χ0v) is 29.7. The van der Waals surface area contributed by atoms with Gasteiger partial charge in [0.2, 0.25) is 27.7 Å². The van der Waals surface area contributed by atoms with Gasteiger partial charge in [-0.15, -0.1) is 0 Å². The molecule has 12 nitrogen and oxygen atoms in total. The summed E-state index contributed by atoms with van der Waals surface area (Å²) in [7, 11) is -0.556. The van der Waals surface area contributed by atoms with Crippen molar-refractivity contribution in [1.82, 2.24) is 24.9 Å². The average molecular weight is 720 g/mol. The maximum absolute atomic E-state index is 14.2. The van der Waals surface area contributed by atoms with Crippen molar-refractivity contribution in [1.29, 1.82) is 0 Å². The molecule has 0 unspecified atom stereocenters. The third kappa shape index (κ3) is 6.89. The van der Waals surface area contributed by atoms with E-state index in [9.17, 15) is 27.2 Å². The highest BCUT2D eigenvalue weighted by molar-refractivity contribution is 7.91. The summed E-state index contributed by atoms with van der Waals surface area (Å²) in [5.74, 6) is -2.66. The number of allylic oxidation sites excluding steroid dienone is 1. The van der Waals surface area contributed by atoms with Gasteiger partial charge < -0.3 is 19.7 Å². The lowest BCUT2D eigenvalue weighted by atomic mass is 9.93. The van der Waals surface area contributed by atoms with Gasteiger partial charge in [-0.2, -0.15) is 4.98 Å². The molecule has 270 valence electrons. The van der Waals surface area contributed by atoms with E-state index in [1.165, 1.54) is 12.1 Å². The van der Waals surface area contributed by atoms with Crippen LogP contribution in [0.15, 0.2) is 48.6 Å². The van der Waals surface area contributed by atoms with Crippen molar-refractivity contribution in [2.45, 2.75) is 75.2 Å². The van der Waals surface area contributed by atoms with Crippen LogP contribution < -0.4 is 19.5 Å². The minimum Gasteiger partial charge on any atom is -0.496 e. The van der Waals surface area contributed by atoms with Gasteiger partial charge in [0.05, 0.1) is 35.1 Å². The zero-order valence-electron chi connectivity index (χ0n) is 28.9. The largest absolute Gasteiger partial charge is 0.496 e. The number of nitrogens with one attached hydrogen (secondary N) is 2. The van der Waals surface area contributed by atoms with Gasteiger partial charge in [0.15, 0.2) is 5.82 Å². The standard InChI is InChI=1S/C37H42FN5O7S/c1-21-30(49-3)16-15-27-31(21)39-32(22-9-11-24(38)12-10-22)40-34(27)50-25-18-28-29(19-25)35(45)43(2)17-7-5-4-6-8-23-20-37(23,41-33(28)44)36(46)42-51(47,48)26-13-14-26/h6,8-12,15-16,23,25-26,28-29H,4-5,7,13-14,17-20H2,1-3H3,(H,41,44)(H,42,46)/b8-6-/t23-,25-,28-,29-,37-/m1/s1. The van der Waals surface area contributed by atoms with Gasteiger partial charge in [-0.3, -0.25) is 19.1 Å². The van der Waals surface area contributed by atoms with E-state index in [1.54, 1.807) is 43.3 Å². The van der Waals surface area contributed by atoms with E-state index in [0.29, 0.717) is 47.4 Å². The molecule has 3 fully saturated rings. The fourth-order valence-electron chi connectivity index (χ4n) is 7.37. The Morgan fingerprint density at radius 3 is 2.53 bits per heavy atom. The summed E-state index contributed by atoms with van der Waals surface area (Å²) in [4.78, 5) is 52.9. The van der Waals surface area contributed by atoms with Crippen molar-refractivity contribution in [2.24, 2.45) is 17.8 Å². The van der Waals surface area contributed by atoms with Crippen molar-refractivity contribution >= 4 is 38.6 Å². The maximum atomic E-state index is 14.2. The normalized spacial score (nSPS) is 27.5. The van der Waals surface area contributed by atoms with Crippen LogP contribution in [0.2, 0.25) is 0 Å². The van der Waals surface area contributed by atoms with Crippen LogP contribution in [0.5, 0.6) is 11.6 Å². The number of aromatic nitrogens is 2. The number of hydrogen-bond acceptors (Lipinski definition) is 9. The number of hydrogen-bond donors (Lipinski definition) is 2. The first kappa shape index (κ1) is 34.8. The summed E-state index contributed by atoms with van der Waals surface area (Å²) in [5, 5.41) is 2.92. The number of ether oxygens (including phenoxy) is 2. The Morgan fingerprint density at radius 2 is 1.80 bits per heavy atom. The number of rotatable bonds is 7. The number of halogens is 1. The molecule has 0 saturated heterocycles. The van der Waals surface area contributed by atoms with Crippen LogP contribution in [-0.2, 0) is 24.4 Å². The molecule has 0 bridgehead atoms. The lowest BCUT2D eigenvalue weighted by Crippen LogP contribution is -2.54. The number of methoxy groups -OCH3 is 1. The molecular formula is C37H42FN5O7S. The third-order valence-electron chi connectivity index (χ3n) is 10.6.